The lowest BCUT2D eigenvalue weighted by Gasteiger charge is -2.23. The molecule has 0 saturated carbocycles. The molecule has 126 valence electrons. The lowest BCUT2D eigenvalue weighted by molar-refractivity contribution is 0.509. The molecule has 0 aliphatic heterocycles. The van der Waals surface area contributed by atoms with Gasteiger partial charge in [-0.3, -0.25) is 0 Å². The van der Waals surface area contributed by atoms with Gasteiger partial charge in [0.15, 0.2) is 0 Å². The Bertz CT molecular complexity index is 467. The number of hydrogen-bond donors (Lipinski definition) is 1. The number of anilines is 1. The standard InChI is InChI=1S/C16H33N3OSi2/c1-8-9-10-11-12-14-13-17-16(20-22(5,6)7)18-15(14)19-21(2,3)4/h13H,8-12H2,1-7H3,(H,17,18,19). The van der Waals surface area contributed by atoms with Crippen LogP contribution in [0.25, 0.3) is 0 Å². The van der Waals surface area contributed by atoms with Crippen LogP contribution < -0.4 is 9.41 Å². The smallest absolute Gasteiger partial charge is 0.304 e. The molecule has 22 heavy (non-hydrogen) atoms. The Morgan fingerprint density at radius 1 is 1.05 bits per heavy atom. The van der Waals surface area contributed by atoms with Crippen molar-refractivity contribution in [3.63, 3.8) is 0 Å². The molecule has 0 aliphatic carbocycles. The fraction of sp³-hybridized carbons (Fsp3) is 0.750. The van der Waals surface area contributed by atoms with Crippen molar-refractivity contribution in [2.24, 2.45) is 0 Å². The first-order valence-corrected chi connectivity index (χ1v) is 15.3. The summed E-state index contributed by atoms with van der Waals surface area (Å²) in [5.41, 5.74) is 1.22. The predicted octanol–water partition coefficient (Wildman–Crippen LogP) is 5.06. The minimum Gasteiger partial charge on any atom is -0.518 e. The molecule has 0 spiro atoms. The molecule has 1 heterocycles. The van der Waals surface area contributed by atoms with Gasteiger partial charge in [-0.2, -0.15) is 4.98 Å². The van der Waals surface area contributed by atoms with Gasteiger partial charge in [-0.05, 0) is 32.5 Å². The zero-order valence-electron chi connectivity index (χ0n) is 15.4. The maximum Gasteiger partial charge on any atom is 0.304 e. The second kappa shape index (κ2) is 8.10. The largest absolute Gasteiger partial charge is 0.518 e. The number of aromatic nitrogens is 2. The minimum atomic E-state index is -1.67. The van der Waals surface area contributed by atoms with Gasteiger partial charge in [-0.15, -0.1) is 0 Å². The maximum absolute atomic E-state index is 5.95. The van der Waals surface area contributed by atoms with Crippen LogP contribution in [0.4, 0.5) is 5.82 Å². The van der Waals surface area contributed by atoms with Crippen LogP contribution >= 0.6 is 0 Å². The number of hydrogen-bond acceptors (Lipinski definition) is 4. The van der Waals surface area contributed by atoms with Crippen LogP contribution in [0, 0.1) is 0 Å². The van der Waals surface area contributed by atoms with E-state index in [4.69, 9.17) is 4.43 Å². The van der Waals surface area contributed by atoms with Crippen LogP contribution in [-0.4, -0.2) is 26.5 Å². The second-order valence-corrected chi connectivity index (χ2v) is 17.1. The summed E-state index contributed by atoms with van der Waals surface area (Å²) in [6.45, 7) is 15.6. The van der Waals surface area contributed by atoms with Gasteiger partial charge in [0.2, 0.25) is 8.32 Å². The zero-order chi connectivity index (χ0) is 16.8. The summed E-state index contributed by atoms with van der Waals surface area (Å²) in [7, 11) is -3.12. The van der Waals surface area contributed by atoms with E-state index in [0.29, 0.717) is 6.01 Å². The van der Waals surface area contributed by atoms with Crippen molar-refractivity contribution in [2.45, 2.75) is 78.3 Å². The van der Waals surface area contributed by atoms with E-state index in [9.17, 15) is 0 Å². The summed E-state index contributed by atoms with van der Waals surface area (Å²) in [6.07, 6.45) is 8.03. The molecule has 0 radical (unpaired) electrons. The van der Waals surface area contributed by atoms with E-state index in [-0.39, 0.29) is 0 Å². The van der Waals surface area contributed by atoms with Crippen molar-refractivity contribution in [1.29, 1.82) is 0 Å². The Labute approximate surface area is 138 Å². The van der Waals surface area contributed by atoms with E-state index in [0.717, 1.165) is 12.2 Å². The van der Waals surface area contributed by atoms with Gasteiger partial charge in [0, 0.05) is 11.8 Å². The van der Waals surface area contributed by atoms with Crippen molar-refractivity contribution in [2.75, 3.05) is 4.98 Å². The van der Waals surface area contributed by atoms with E-state index in [2.05, 4.69) is 61.2 Å². The van der Waals surface area contributed by atoms with Crippen LogP contribution in [0.2, 0.25) is 39.3 Å². The summed E-state index contributed by atoms with van der Waals surface area (Å²) in [4.78, 5) is 12.7. The Morgan fingerprint density at radius 2 is 1.73 bits per heavy atom. The van der Waals surface area contributed by atoms with Gasteiger partial charge in [-0.1, -0.05) is 45.8 Å². The molecular formula is C16H33N3OSi2. The highest BCUT2D eigenvalue weighted by Gasteiger charge is 2.21. The van der Waals surface area contributed by atoms with E-state index < -0.39 is 16.6 Å². The SMILES string of the molecule is CCCCCCc1cnc(O[Si](C)(C)C)nc1N[Si](C)(C)C. The third-order valence-electron chi connectivity index (χ3n) is 3.03. The molecular weight excluding hydrogens is 306 g/mol. The second-order valence-electron chi connectivity index (χ2n) is 7.93. The quantitative estimate of drug-likeness (QED) is 0.504. The van der Waals surface area contributed by atoms with Crippen molar-refractivity contribution in [3.8, 4) is 6.01 Å². The zero-order valence-corrected chi connectivity index (χ0v) is 17.4. The molecule has 4 nitrogen and oxygen atoms in total. The molecule has 1 aromatic heterocycles. The monoisotopic (exact) mass is 339 g/mol. The summed E-state index contributed by atoms with van der Waals surface area (Å²) in [5, 5.41) is 0. The fourth-order valence-electron chi connectivity index (χ4n) is 2.10. The first-order valence-electron chi connectivity index (χ1n) is 8.44. The average molecular weight is 340 g/mol. The summed E-state index contributed by atoms with van der Waals surface area (Å²) < 4.78 is 5.95. The molecule has 6 heteroatoms. The third-order valence-corrected chi connectivity index (χ3v) is 4.81. The van der Waals surface area contributed by atoms with E-state index >= 15 is 0 Å². The highest BCUT2D eigenvalue weighted by atomic mass is 28.4. The molecule has 0 aliphatic rings. The van der Waals surface area contributed by atoms with Crippen LogP contribution in [0.1, 0.15) is 38.2 Å². The molecule has 0 fully saturated rings. The molecule has 0 atom stereocenters. The van der Waals surface area contributed by atoms with Crippen molar-refractivity contribution in [3.05, 3.63) is 11.8 Å². The normalized spacial score (nSPS) is 12.3. The first kappa shape index (κ1) is 19.2. The molecule has 0 amide bonds. The Morgan fingerprint density at radius 3 is 2.27 bits per heavy atom. The summed E-state index contributed by atoms with van der Waals surface area (Å²) in [6, 6.07) is 0.525. The van der Waals surface area contributed by atoms with Gasteiger partial charge in [0.1, 0.15) is 14.1 Å². The molecule has 0 bridgehead atoms. The van der Waals surface area contributed by atoms with Gasteiger partial charge in [0.25, 0.3) is 0 Å². The van der Waals surface area contributed by atoms with Gasteiger partial charge < -0.3 is 9.41 Å². The minimum absolute atomic E-state index is 0.525. The van der Waals surface area contributed by atoms with Crippen LogP contribution in [0.15, 0.2) is 6.20 Å². The highest BCUT2D eigenvalue weighted by molar-refractivity contribution is 6.79. The third kappa shape index (κ3) is 7.93. The number of unbranched alkanes of at least 4 members (excludes halogenated alkanes) is 3. The van der Waals surface area contributed by atoms with Gasteiger partial charge >= 0.3 is 6.01 Å². The Balaban J connectivity index is 2.89. The van der Waals surface area contributed by atoms with Gasteiger partial charge in [-0.25, -0.2) is 4.98 Å². The van der Waals surface area contributed by atoms with Crippen LogP contribution in [-0.2, 0) is 6.42 Å². The average Bonchev–Trinajstić information content (AvgIpc) is 2.33. The molecule has 0 aromatic carbocycles. The number of rotatable bonds is 9. The first-order chi connectivity index (χ1) is 10.1. The Hall–Kier alpha value is -0.886. The van der Waals surface area contributed by atoms with E-state index in [1.165, 1.54) is 31.2 Å². The number of nitrogens with one attached hydrogen (secondary N) is 1. The summed E-state index contributed by atoms with van der Waals surface area (Å²) >= 11 is 0. The van der Waals surface area contributed by atoms with Crippen LogP contribution in [0.3, 0.4) is 0 Å². The highest BCUT2D eigenvalue weighted by Crippen LogP contribution is 2.22. The van der Waals surface area contributed by atoms with Gasteiger partial charge in [0.05, 0.1) is 0 Å². The topological polar surface area (TPSA) is 47.0 Å². The van der Waals surface area contributed by atoms with E-state index in [1.54, 1.807) is 0 Å². The predicted molar refractivity (Wildman–Crippen MR) is 101 cm³/mol. The number of nitrogens with zero attached hydrogens (tertiary/aromatic N) is 2. The molecule has 1 N–H and O–H groups in total. The fourth-order valence-corrected chi connectivity index (χ4v) is 3.68. The maximum atomic E-state index is 5.95. The lowest BCUT2D eigenvalue weighted by atomic mass is 10.1. The molecule has 0 saturated heterocycles. The Kier molecular flexibility index (Phi) is 7.06. The van der Waals surface area contributed by atoms with Crippen molar-refractivity contribution < 1.29 is 4.43 Å². The molecule has 1 aromatic rings. The number of aryl methyl sites for hydroxylation is 1. The summed E-state index contributed by atoms with van der Waals surface area (Å²) in [5.74, 6) is 0.985. The molecule has 1 rings (SSSR count). The van der Waals surface area contributed by atoms with Crippen LogP contribution in [0.5, 0.6) is 6.01 Å². The lowest BCUT2D eigenvalue weighted by Crippen LogP contribution is -2.34. The van der Waals surface area contributed by atoms with Crippen molar-refractivity contribution in [1.82, 2.24) is 9.97 Å². The van der Waals surface area contributed by atoms with E-state index in [1.807, 2.05) is 6.20 Å². The molecule has 0 unspecified atom stereocenters. The van der Waals surface area contributed by atoms with Crippen molar-refractivity contribution >= 4 is 22.4 Å².